The number of rotatable bonds is 9. The van der Waals surface area contributed by atoms with E-state index in [0.29, 0.717) is 30.7 Å². The normalized spacial score (nSPS) is 10.7. The van der Waals surface area contributed by atoms with Crippen molar-refractivity contribution in [2.45, 2.75) is 33.2 Å². The Labute approximate surface area is 168 Å². The molecule has 0 bridgehead atoms. The molecule has 9 nitrogen and oxygen atoms in total. The molecule has 0 N–H and O–H groups in total. The molecule has 0 unspecified atom stereocenters. The van der Waals surface area contributed by atoms with Gasteiger partial charge in [-0.1, -0.05) is 6.07 Å². The molecule has 152 valence electrons. The summed E-state index contributed by atoms with van der Waals surface area (Å²) in [5.74, 6) is 0.212. The van der Waals surface area contributed by atoms with Crippen LogP contribution in [0.1, 0.15) is 34.6 Å². The van der Waals surface area contributed by atoms with Gasteiger partial charge in [0, 0.05) is 36.0 Å². The van der Waals surface area contributed by atoms with Gasteiger partial charge >= 0.3 is 5.97 Å². The van der Waals surface area contributed by atoms with E-state index in [-0.39, 0.29) is 18.4 Å². The lowest BCUT2D eigenvalue weighted by molar-refractivity contribution is -0.140. The van der Waals surface area contributed by atoms with Crippen molar-refractivity contribution in [1.29, 1.82) is 0 Å². The number of ketones is 1. The van der Waals surface area contributed by atoms with E-state index in [1.807, 2.05) is 36.6 Å². The number of benzene rings is 1. The van der Waals surface area contributed by atoms with Gasteiger partial charge in [-0.15, -0.1) is 5.10 Å². The van der Waals surface area contributed by atoms with E-state index in [1.165, 1.54) is 18.1 Å². The summed E-state index contributed by atoms with van der Waals surface area (Å²) >= 11 is 0. The number of ether oxygens (including phenoxy) is 2. The van der Waals surface area contributed by atoms with Crippen LogP contribution in [0, 0.1) is 13.8 Å². The lowest BCUT2D eigenvalue weighted by Crippen LogP contribution is -2.13. The van der Waals surface area contributed by atoms with E-state index >= 15 is 0 Å². The van der Waals surface area contributed by atoms with Crippen LogP contribution in [0.3, 0.4) is 0 Å². The number of hydrogen-bond acceptors (Lipinski definition) is 7. The first-order chi connectivity index (χ1) is 14.0. The van der Waals surface area contributed by atoms with Crippen molar-refractivity contribution < 1.29 is 19.1 Å². The van der Waals surface area contributed by atoms with Gasteiger partial charge in [0.15, 0.2) is 6.61 Å². The fraction of sp³-hybridized carbons (Fsp3) is 0.350. The Kier molecular flexibility index (Phi) is 6.38. The number of aryl methyl sites for hydroxylation is 1. The predicted molar refractivity (Wildman–Crippen MR) is 104 cm³/mol. The van der Waals surface area contributed by atoms with Crippen molar-refractivity contribution in [2.75, 3.05) is 13.7 Å². The first-order valence-electron chi connectivity index (χ1n) is 9.22. The zero-order valence-corrected chi connectivity index (χ0v) is 16.7. The van der Waals surface area contributed by atoms with Gasteiger partial charge in [-0.3, -0.25) is 9.59 Å². The minimum Gasteiger partial charge on any atom is -0.485 e. The van der Waals surface area contributed by atoms with E-state index < -0.39 is 0 Å². The molecule has 2 aromatic heterocycles. The number of tetrazole rings is 1. The molecule has 3 rings (SSSR count). The maximum Gasteiger partial charge on any atom is 0.305 e. The van der Waals surface area contributed by atoms with Crippen molar-refractivity contribution in [3.8, 4) is 11.4 Å². The van der Waals surface area contributed by atoms with Crippen LogP contribution in [0.5, 0.6) is 5.75 Å². The fourth-order valence-corrected chi connectivity index (χ4v) is 3.13. The zero-order valence-electron chi connectivity index (χ0n) is 16.7. The van der Waals surface area contributed by atoms with Gasteiger partial charge in [0.2, 0.25) is 5.78 Å². The number of methoxy groups -OCH3 is 1. The third kappa shape index (κ3) is 4.87. The molecule has 9 heteroatoms. The van der Waals surface area contributed by atoms with E-state index in [2.05, 4.69) is 20.3 Å². The number of carbonyl (C=O) groups is 2. The average Bonchev–Trinajstić information content (AvgIpc) is 3.36. The summed E-state index contributed by atoms with van der Waals surface area (Å²) in [6.07, 6.45) is 2.48. The maximum absolute atomic E-state index is 12.7. The number of Topliss-reactive ketones (excluding diaryl/α,β-unsaturated/α-hetero) is 1. The molecule has 0 saturated heterocycles. The van der Waals surface area contributed by atoms with Gasteiger partial charge in [0.25, 0.3) is 0 Å². The van der Waals surface area contributed by atoms with Crippen molar-refractivity contribution >= 4 is 11.8 Å². The molecule has 3 aromatic rings. The Bertz CT molecular complexity index is 994. The topological polar surface area (TPSA) is 101 Å². The van der Waals surface area contributed by atoms with Gasteiger partial charge in [-0.2, -0.15) is 0 Å². The minimum atomic E-state index is -0.235. The maximum atomic E-state index is 12.7. The zero-order chi connectivity index (χ0) is 20.8. The van der Waals surface area contributed by atoms with Gasteiger partial charge in [-0.05, 0) is 48.9 Å². The van der Waals surface area contributed by atoms with Gasteiger partial charge in [0.1, 0.15) is 12.1 Å². The lowest BCUT2D eigenvalue weighted by atomic mass is 10.1. The highest BCUT2D eigenvalue weighted by atomic mass is 16.5. The summed E-state index contributed by atoms with van der Waals surface area (Å²) in [7, 11) is 1.38. The molecule has 0 aliphatic carbocycles. The van der Waals surface area contributed by atoms with Crippen LogP contribution in [0.25, 0.3) is 5.69 Å². The third-order valence-corrected chi connectivity index (χ3v) is 4.67. The molecule has 0 spiro atoms. The summed E-state index contributed by atoms with van der Waals surface area (Å²) in [6, 6.07) is 9.05. The summed E-state index contributed by atoms with van der Waals surface area (Å²) in [4.78, 5) is 24.0. The van der Waals surface area contributed by atoms with E-state index in [9.17, 15) is 9.59 Å². The second-order valence-electron chi connectivity index (χ2n) is 6.58. The summed E-state index contributed by atoms with van der Waals surface area (Å²) in [5.41, 5.74) is 3.20. The predicted octanol–water partition coefficient (Wildman–Crippen LogP) is 2.30. The Hall–Kier alpha value is -3.49. The SMILES string of the molecule is COC(=O)CCCn1c(C)cc(C(=O)COc2cccc(-n3cnnn3)c2)c1C. The number of esters is 1. The van der Waals surface area contributed by atoms with Crippen molar-refractivity contribution in [1.82, 2.24) is 24.8 Å². The molecule has 0 fully saturated rings. The van der Waals surface area contributed by atoms with Gasteiger partial charge in [0.05, 0.1) is 12.8 Å². The molecular formula is C20H23N5O4. The first-order valence-corrected chi connectivity index (χ1v) is 9.22. The number of hydrogen-bond donors (Lipinski definition) is 0. The van der Waals surface area contributed by atoms with E-state index in [1.54, 1.807) is 12.1 Å². The molecule has 1 aromatic carbocycles. The Morgan fingerprint density at radius 1 is 1.17 bits per heavy atom. The van der Waals surface area contributed by atoms with Crippen LogP contribution >= 0.6 is 0 Å². The second kappa shape index (κ2) is 9.13. The molecule has 0 radical (unpaired) electrons. The van der Waals surface area contributed by atoms with Gasteiger partial charge < -0.3 is 14.0 Å². The highest BCUT2D eigenvalue weighted by molar-refractivity contribution is 5.98. The summed E-state index contributed by atoms with van der Waals surface area (Å²) in [5, 5.41) is 11.1. The monoisotopic (exact) mass is 397 g/mol. The van der Waals surface area contributed by atoms with Crippen LogP contribution in [0.15, 0.2) is 36.7 Å². The Balaban J connectivity index is 1.63. The van der Waals surface area contributed by atoms with Crippen LogP contribution < -0.4 is 4.74 Å². The largest absolute Gasteiger partial charge is 0.485 e. The van der Waals surface area contributed by atoms with Crippen LogP contribution in [0.2, 0.25) is 0 Å². The quantitative estimate of drug-likeness (QED) is 0.403. The molecule has 29 heavy (non-hydrogen) atoms. The van der Waals surface area contributed by atoms with Crippen molar-refractivity contribution in [2.24, 2.45) is 0 Å². The Morgan fingerprint density at radius 2 is 2.00 bits per heavy atom. The lowest BCUT2D eigenvalue weighted by Gasteiger charge is -2.10. The number of carbonyl (C=O) groups excluding carboxylic acids is 2. The second-order valence-corrected chi connectivity index (χ2v) is 6.58. The third-order valence-electron chi connectivity index (χ3n) is 4.67. The minimum absolute atomic E-state index is 0.0779. The molecule has 0 amide bonds. The molecule has 0 aliphatic heterocycles. The average molecular weight is 397 g/mol. The van der Waals surface area contributed by atoms with E-state index in [0.717, 1.165) is 17.1 Å². The number of aromatic nitrogens is 5. The highest BCUT2D eigenvalue weighted by Gasteiger charge is 2.16. The van der Waals surface area contributed by atoms with Crippen molar-refractivity contribution in [3.63, 3.8) is 0 Å². The standard InChI is InChI=1S/C20H23N5O4/c1-14-10-18(15(2)24(14)9-5-8-20(27)28-3)19(26)12-29-17-7-4-6-16(11-17)25-13-21-22-23-25/h4,6-7,10-11,13H,5,8-9,12H2,1-3H3. The van der Waals surface area contributed by atoms with Crippen LogP contribution in [-0.4, -0.2) is 50.2 Å². The Morgan fingerprint density at radius 3 is 2.72 bits per heavy atom. The highest BCUT2D eigenvalue weighted by Crippen LogP contribution is 2.19. The van der Waals surface area contributed by atoms with E-state index in [4.69, 9.17) is 4.74 Å². The van der Waals surface area contributed by atoms with Crippen LogP contribution in [0.4, 0.5) is 0 Å². The number of nitrogens with zero attached hydrogens (tertiary/aromatic N) is 5. The molecule has 2 heterocycles. The molecule has 0 aliphatic rings. The first kappa shape index (κ1) is 20.2. The molecular weight excluding hydrogens is 374 g/mol. The van der Waals surface area contributed by atoms with Gasteiger partial charge in [-0.25, -0.2) is 4.68 Å². The fourth-order valence-electron chi connectivity index (χ4n) is 3.13. The van der Waals surface area contributed by atoms with Crippen LogP contribution in [-0.2, 0) is 16.1 Å². The molecule has 0 saturated carbocycles. The summed E-state index contributed by atoms with van der Waals surface area (Å²) < 4.78 is 13.9. The summed E-state index contributed by atoms with van der Waals surface area (Å²) in [6.45, 7) is 4.41. The smallest absolute Gasteiger partial charge is 0.305 e. The molecule has 0 atom stereocenters. The van der Waals surface area contributed by atoms with Crippen molar-refractivity contribution in [3.05, 3.63) is 53.6 Å².